The van der Waals surface area contributed by atoms with Crippen molar-refractivity contribution in [1.82, 2.24) is 14.5 Å². The second-order valence-electron chi connectivity index (χ2n) is 8.19. The van der Waals surface area contributed by atoms with Crippen molar-refractivity contribution in [3.05, 3.63) is 0 Å². The van der Waals surface area contributed by atoms with Crippen molar-refractivity contribution in [3.63, 3.8) is 0 Å². The second kappa shape index (κ2) is 8.54. The maximum absolute atomic E-state index is 12.6. The lowest BCUT2D eigenvalue weighted by Crippen LogP contribution is -2.51. The Morgan fingerprint density at radius 2 is 1.73 bits per heavy atom. The van der Waals surface area contributed by atoms with Crippen LogP contribution in [0.1, 0.15) is 46.0 Å². The number of piperidine rings is 1. The molecule has 0 aromatic carbocycles. The van der Waals surface area contributed by atoms with E-state index in [-0.39, 0.29) is 24.4 Å². The number of piperazine rings is 1. The van der Waals surface area contributed by atoms with Gasteiger partial charge < -0.3 is 15.0 Å². The molecule has 1 N–H and O–H groups in total. The fourth-order valence-electron chi connectivity index (χ4n) is 4.45. The zero-order valence-electron chi connectivity index (χ0n) is 16.0. The molecule has 1 amide bonds. The number of hydrogen-bond donors (Lipinski definition) is 1. The van der Waals surface area contributed by atoms with E-state index in [0.29, 0.717) is 50.6 Å². The standard InChI is InChI=1S/C18H33N3O4S/c1-14(2)25-9-10-26(23,24)21-7-5-20(6-8-21)18(22)13-15-11-16-3-4-17(12-15)19-16/h14-17,19H,3-13H2,1-2H3. The Bertz CT molecular complexity index is 575. The third kappa shape index (κ3) is 5.18. The number of fused-ring (bicyclic) bond motifs is 2. The minimum Gasteiger partial charge on any atom is -0.378 e. The smallest absolute Gasteiger partial charge is 0.222 e. The van der Waals surface area contributed by atoms with Crippen molar-refractivity contribution in [2.45, 2.75) is 64.1 Å². The van der Waals surface area contributed by atoms with Crippen molar-refractivity contribution in [2.24, 2.45) is 5.92 Å². The molecule has 0 aliphatic carbocycles. The van der Waals surface area contributed by atoms with Crippen LogP contribution in [-0.4, -0.2) is 80.3 Å². The van der Waals surface area contributed by atoms with Crippen LogP contribution in [0.4, 0.5) is 0 Å². The third-order valence-electron chi connectivity index (χ3n) is 5.81. The molecule has 3 aliphatic rings. The van der Waals surface area contributed by atoms with Crippen LogP contribution >= 0.6 is 0 Å². The number of carbonyl (C=O) groups is 1. The monoisotopic (exact) mass is 387 g/mol. The Morgan fingerprint density at radius 1 is 1.12 bits per heavy atom. The molecule has 3 heterocycles. The summed E-state index contributed by atoms with van der Waals surface area (Å²) in [6.07, 6.45) is 5.34. The Labute approximate surface area is 157 Å². The van der Waals surface area contributed by atoms with Crippen molar-refractivity contribution in [2.75, 3.05) is 38.5 Å². The van der Waals surface area contributed by atoms with E-state index in [2.05, 4.69) is 5.32 Å². The number of sulfonamides is 1. The number of nitrogens with zero attached hydrogens (tertiary/aromatic N) is 2. The molecule has 3 saturated heterocycles. The van der Waals surface area contributed by atoms with Crippen LogP contribution in [0.5, 0.6) is 0 Å². The maximum Gasteiger partial charge on any atom is 0.222 e. The molecule has 150 valence electrons. The van der Waals surface area contributed by atoms with E-state index < -0.39 is 10.0 Å². The molecule has 26 heavy (non-hydrogen) atoms. The number of hydrogen-bond acceptors (Lipinski definition) is 5. The van der Waals surface area contributed by atoms with Gasteiger partial charge in [0.15, 0.2) is 0 Å². The lowest BCUT2D eigenvalue weighted by molar-refractivity contribution is -0.133. The van der Waals surface area contributed by atoms with E-state index in [9.17, 15) is 13.2 Å². The van der Waals surface area contributed by atoms with Crippen LogP contribution in [-0.2, 0) is 19.6 Å². The molecule has 0 spiro atoms. The van der Waals surface area contributed by atoms with Gasteiger partial charge in [0.25, 0.3) is 0 Å². The highest BCUT2D eigenvalue weighted by Gasteiger charge is 2.35. The molecule has 0 saturated carbocycles. The zero-order valence-corrected chi connectivity index (χ0v) is 16.8. The zero-order chi connectivity index (χ0) is 18.7. The largest absolute Gasteiger partial charge is 0.378 e. The summed E-state index contributed by atoms with van der Waals surface area (Å²) in [6, 6.07) is 1.20. The summed E-state index contributed by atoms with van der Waals surface area (Å²) < 4.78 is 31.6. The van der Waals surface area contributed by atoms with Gasteiger partial charge in [0, 0.05) is 44.7 Å². The summed E-state index contributed by atoms with van der Waals surface area (Å²) in [5, 5.41) is 3.61. The van der Waals surface area contributed by atoms with E-state index in [1.54, 1.807) is 0 Å². The van der Waals surface area contributed by atoms with E-state index in [1.165, 1.54) is 17.1 Å². The van der Waals surface area contributed by atoms with Crippen molar-refractivity contribution in [3.8, 4) is 0 Å². The highest BCUT2D eigenvalue weighted by atomic mass is 32.2. The van der Waals surface area contributed by atoms with Gasteiger partial charge in [-0.3, -0.25) is 4.79 Å². The van der Waals surface area contributed by atoms with Gasteiger partial charge in [-0.15, -0.1) is 0 Å². The minimum absolute atomic E-state index is 0.0109. The number of amides is 1. The molecule has 2 unspecified atom stereocenters. The fraction of sp³-hybridized carbons (Fsp3) is 0.944. The molecule has 2 atom stereocenters. The molecule has 7 nitrogen and oxygen atoms in total. The van der Waals surface area contributed by atoms with Crippen molar-refractivity contribution in [1.29, 1.82) is 0 Å². The third-order valence-corrected chi connectivity index (χ3v) is 7.65. The van der Waals surface area contributed by atoms with Crippen molar-refractivity contribution < 1.29 is 17.9 Å². The molecule has 3 aliphatic heterocycles. The Kier molecular flexibility index (Phi) is 6.59. The molecule has 8 heteroatoms. The number of ether oxygens (including phenoxy) is 1. The highest BCUT2D eigenvalue weighted by molar-refractivity contribution is 7.89. The van der Waals surface area contributed by atoms with Gasteiger partial charge in [0.1, 0.15) is 0 Å². The SMILES string of the molecule is CC(C)OCCS(=O)(=O)N1CCN(C(=O)CC2CC3CCC(C2)N3)CC1. The minimum atomic E-state index is -3.30. The quantitative estimate of drug-likeness (QED) is 0.699. The average molecular weight is 388 g/mol. The first-order chi connectivity index (χ1) is 12.3. The molecular weight excluding hydrogens is 354 g/mol. The summed E-state index contributed by atoms with van der Waals surface area (Å²) in [6.45, 7) is 5.80. The van der Waals surface area contributed by atoms with E-state index in [1.807, 2.05) is 18.7 Å². The lowest BCUT2D eigenvalue weighted by Gasteiger charge is -2.36. The Balaban J connectivity index is 1.42. The van der Waals surface area contributed by atoms with Gasteiger partial charge in [-0.1, -0.05) is 0 Å². The Morgan fingerprint density at radius 3 is 2.31 bits per heavy atom. The first-order valence-electron chi connectivity index (χ1n) is 9.96. The summed E-state index contributed by atoms with van der Waals surface area (Å²) in [7, 11) is -3.30. The van der Waals surface area contributed by atoms with Crippen LogP contribution in [0.25, 0.3) is 0 Å². The number of nitrogens with one attached hydrogen (secondary N) is 1. The molecule has 2 bridgehead atoms. The first kappa shape index (κ1) is 20.0. The predicted molar refractivity (Wildman–Crippen MR) is 100 cm³/mol. The fourth-order valence-corrected chi connectivity index (χ4v) is 5.74. The lowest BCUT2D eigenvalue weighted by atomic mass is 9.89. The topological polar surface area (TPSA) is 79.0 Å². The molecule has 3 fully saturated rings. The maximum atomic E-state index is 12.6. The van der Waals surface area contributed by atoms with E-state index in [0.717, 1.165) is 12.8 Å². The van der Waals surface area contributed by atoms with Crippen molar-refractivity contribution >= 4 is 15.9 Å². The van der Waals surface area contributed by atoms with E-state index in [4.69, 9.17) is 4.74 Å². The summed E-state index contributed by atoms with van der Waals surface area (Å²) in [4.78, 5) is 14.5. The summed E-state index contributed by atoms with van der Waals surface area (Å²) >= 11 is 0. The molecule has 3 rings (SSSR count). The van der Waals surface area contributed by atoms with E-state index >= 15 is 0 Å². The van der Waals surface area contributed by atoms with Gasteiger partial charge in [-0.05, 0) is 45.4 Å². The molecule has 0 aromatic heterocycles. The molecule has 0 aromatic rings. The number of carbonyl (C=O) groups excluding carboxylic acids is 1. The van der Waals surface area contributed by atoms with Crippen LogP contribution in [0.3, 0.4) is 0 Å². The summed E-state index contributed by atoms with van der Waals surface area (Å²) in [5.74, 6) is 0.685. The highest BCUT2D eigenvalue weighted by Crippen LogP contribution is 2.33. The predicted octanol–water partition coefficient (Wildman–Crippen LogP) is 0.806. The van der Waals surface area contributed by atoms with Gasteiger partial charge >= 0.3 is 0 Å². The van der Waals surface area contributed by atoms with Gasteiger partial charge in [0.05, 0.1) is 18.5 Å². The second-order valence-corrected chi connectivity index (χ2v) is 10.3. The first-order valence-corrected chi connectivity index (χ1v) is 11.6. The molecular formula is C18H33N3O4S. The Hall–Kier alpha value is -0.700. The van der Waals surface area contributed by atoms with Gasteiger partial charge in [0.2, 0.25) is 15.9 Å². The molecule has 0 radical (unpaired) electrons. The van der Waals surface area contributed by atoms with Crippen LogP contribution in [0.2, 0.25) is 0 Å². The van der Waals surface area contributed by atoms with Crippen LogP contribution < -0.4 is 5.32 Å². The van der Waals surface area contributed by atoms with Gasteiger partial charge in [-0.2, -0.15) is 4.31 Å². The number of rotatable bonds is 7. The summed E-state index contributed by atoms with van der Waals surface area (Å²) in [5.41, 5.74) is 0. The van der Waals surface area contributed by atoms with Crippen LogP contribution in [0.15, 0.2) is 0 Å². The average Bonchev–Trinajstić information content (AvgIpc) is 2.93. The van der Waals surface area contributed by atoms with Gasteiger partial charge in [-0.25, -0.2) is 8.42 Å². The van der Waals surface area contributed by atoms with Crippen LogP contribution in [0, 0.1) is 5.92 Å². The normalized spacial score (nSPS) is 30.1.